The van der Waals surface area contributed by atoms with E-state index in [-0.39, 0.29) is 12.0 Å². The lowest BCUT2D eigenvalue weighted by atomic mass is 10.1. The van der Waals surface area contributed by atoms with Crippen molar-refractivity contribution in [2.75, 3.05) is 49.5 Å². The fraction of sp³-hybridized carbons (Fsp3) is 0.476. The van der Waals surface area contributed by atoms with Gasteiger partial charge in [-0.05, 0) is 42.1 Å². The maximum atomic E-state index is 12.7. The Labute approximate surface area is 164 Å². The molecule has 0 spiro atoms. The van der Waals surface area contributed by atoms with Crippen LogP contribution in [-0.4, -0.2) is 50.1 Å². The molecule has 0 saturated carbocycles. The molecule has 1 atom stereocenters. The molecular weight excluding hydrogens is 358 g/mol. The highest BCUT2D eigenvalue weighted by Crippen LogP contribution is 2.34. The molecule has 1 aromatic carbocycles. The zero-order valence-corrected chi connectivity index (χ0v) is 16.6. The molecule has 0 radical (unpaired) electrons. The van der Waals surface area contributed by atoms with Crippen LogP contribution >= 0.6 is 11.3 Å². The van der Waals surface area contributed by atoms with Crippen molar-refractivity contribution < 1.29 is 9.53 Å². The number of ether oxygens (including phenoxy) is 1. The van der Waals surface area contributed by atoms with E-state index < -0.39 is 0 Å². The summed E-state index contributed by atoms with van der Waals surface area (Å²) in [6.07, 6.45) is 1.20. The van der Waals surface area contributed by atoms with Gasteiger partial charge >= 0.3 is 0 Å². The van der Waals surface area contributed by atoms with Crippen molar-refractivity contribution in [3.8, 4) is 0 Å². The second-order valence-electron chi connectivity index (χ2n) is 7.11. The Kier molecular flexibility index (Phi) is 5.76. The normalized spacial score (nSPS) is 20.3. The van der Waals surface area contributed by atoms with E-state index in [1.165, 1.54) is 10.4 Å². The van der Waals surface area contributed by atoms with Crippen molar-refractivity contribution in [3.05, 3.63) is 46.2 Å². The number of fused-ring (bicyclic) bond motifs is 1. The van der Waals surface area contributed by atoms with Crippen LogP contribution in [0.3, 0.4) is 0 Å². The number of rotatable bonds is 5. The number of nitrogens with one attached hydrogen (secondary N) is 1. The first-order valence-electron chi connectivity index (χ1n) is 9.78. The number of piperazine rings is 1. The van der Waals surface area contributed by atoms with Crippen LogP contribution in [0.2, 0.25) is 0 Å². The van der Waals surface area contributed by atoms with E-state index in [1.807, 2.05) is 18.2 Å². The molecule has 2 aliphatic rings. The highest BCUT2D eigenvalue weighted by atomic mass is 32.1. The molecule has 4 rings (SSSR count). The number of anilines is 2. The topological polar surface area (TPSA) is 44.8 Å². The Morgan fingerprint density at radius 1 is 1.22 bits per heavy atom. The zero-order chi connectivity index (χ0) is 18.6. The maximum Gasteiger partial charge on any atom is 0.227 e. The number of carbonyl (C=O) groups excluding carboxylic acids is 1. The third-order valence-electron chi connectivity index (χ3n) is 5.47. The van der Waals surface area contributed by atoms with Crippen molar-refractivity contribution in [1.82, 2.24) is 4.90 Å². The van der Waals surface area contributed by atoms with Crippen molar-refractivity contribution >= 4 is 28.6 Å². The number of thiophene rings is 1. The average molecular weight is 386 g/mol. The number of amides is 1. The maximum absolute atomic E-state index is 12.7. The van der Waals surface area contributed by atoms with E-state index in [0.717, 1.165) is 50.5 Å². The van der Waals surface area contributed by atoms with Gasteiger partial charge in [-0.3, -0.25) is 4.79 Å². The number of benzene rings is 1. The predicted octanol–water partition coefficient (Wildman–Crippen LogP) is 3.53. The van der Waals surface area contributed by atoms with Crippen molar-refractivity contribution in [2.45, 2.75) is 25.9 Å². The molecule has 27 heavy (non-hydrogen) atoms. The molecule has 0 bridgehead atoms. The van der Waals surface area contributed by atoms with Gasteiger partial charge in [0.05, 0.1) is 24.4 Å². The number of likely N-dealkylation sites (N-methyl/N-ethyl adjacent to an activating group) is 1. The van der Waals surface area contributed by atoms with E-state index in [1.54, 1.807) is 11.3 Å². The van der Waals surface area contributed by atoms with E-state index in [9.17, 15) is 4.79 Å². The molecular formula is C21H27N3O2S. The summed E-state index contributed by atoms with van der Waals surface area (Å²) in [4.78, 5) is 18.8. The van der Waals surface area contributed by atoms with Gasteiger partial charge in [0, 0.05) is 31.1 Å². The quantitative estimate of drug-likeness (QED) is 0.855. The largest absolute Gasteiger partial charge is 0.372 e. The minimum Gasteiger partial charge on any atom is -0.372 e. The first-order valence-corrected chi connectivity index (χ1v) is 10.7. The zero-order valence-electron chi connectivity index (χ0n) is 15.8. The molecule has 1 N–H and O–H groups in total. The number of hydrogen-bond acceptors (Lipinski definition) is 5. The molecule has 2 aliphatic heterocycles. The van der Waals surface area contributed by atoms with Crippen LogP contribution in [0.15, 0.2) is 35.7 Å². The Hall–Kier alpha value is -1.89. The average Bonchev–Trinajstić information content (AvgIpc) is 3.18. The summed E-state index contributed by atoms with van der Waals surface area (Å²) in [6.45, 7) is 8.11. The minimum absolute atomic E-state index is 0.0147. The van der Waals surface area contributed by atoms with E-state index in [4.69, 9.17) is 4.74 Å². The van der Waals surface area contributed by atoms with Gasteiger partial charge in [-0.25, -0.2) is 0 Å². The van der Waals surface area contributed by atoms with Crippen LogP contribution in [-0.2, 0) is 16.0 Å². The fourth-order valence-electron chi connectivity index (χ4n) is 3.90. The highest BCUT2D eigenvalue weighted by molar-refractivity contribution is 7.10. The van der Waals surface area contributed by atoms with E-state index in [2.05, 4.69) is 39.6 Å². The van der Waals surface area contributed by atoms with Gasteiger partial charge < -0.3 is 19.9 Å². The van der Waals surface area contributed by atoms with Crippen LogP contribution in [0, 0.1) is 0 Å². The van der Waals surface area contributed by atoms with Crippen molar-refractivity contribution in [1.29, 1.82) is 0 Å². The second-order valence-corrected chi connectivity index (χ2v) is 8.06. The van der Waals surface area contributed by atoms with Gasteiger partial charge in [0.15, 0.2) is 0 Å². The third kappa shape index (κ3) is 4.18. The summed E-state index contributed by atoms with van der Waals surface area (Å²) < 4.78 is 5.88. The fourth-order valence-corrected chi connectivity index (χ4v) is 4.91. The summed E-state index contributed by atoms with van der Waals surface area (Å²) in [5, 5.41) is 5.23. The van der Waals surface area contributed by atoms with E-state index in [0.29, 0.717) is 13.0 Å². The lowest BCUT2D eigenvalue weighted by Gasteiger charge is -2.36. The van der Waals surface area contributed by atoms with Gasteiger partial charge in [0.25, 0.3) is 0 Å². The predicted molar refractivity (Wildman–Crippen MR) is 111 cm³/mol. The van der Waals surface area contributed by atoms with Gasteiger partial charge in [-0.15, -0.1) is 11.3 Å². The smallest absolute Gasteiger partial charge is 0.227 e. The molecule has 6 heteroatoms. The molecule has 5 nitrogen and oxygen atoms in total. The third-order valence-corrected chi connectivity index (χ3v) is 6.52. The molecule has 1 aromatic heterocycles. The van der Waals surface area contributed by atoms with Crippen LogP contribution < -0.4 is 10.2 Å². The number of hydrogen-bond donors (Lipinski definition) is 1. The first-order chi connectivity index (χ1) is 13.2. The van der Waals surface area contributed by atoms with Crippen LogP contribution in [0.1, 0.15) is 29.9 Å². The summed E-state index contributed by atoms with van der Waals surface area (Å²) in [6, 6.07) is 10.3. The molecule has 144 valence electrons. The molecule has 1 amide bonds. The van der Waals surface area contributed by atoms with Gasteiger partial charge in [-0.1, -0.05) is 19.1 Å². The van der Waals surface area contributed by atoms with Crippen molar-refractivity contribution in [2.24, 2.45) is 0 Å². The summed E-state index contributed by atoms with van der Waals surface area (Å²) in [7, 11) is 0. The van der Waals surface area contributed by atoms with E-state index >= 15 is 0 Å². The number of nitrogens with zero attached hydrogens (tertiary/aromatic N) is 2. The Morgan fingerprint density at radius 2 is 2.04 bits per heavy atom. The molecule has 3 heterocycles. The highest BCUT2D eigenvalue weighted by Gasteiger charge is 2.25. The molecule has 1 fully saturated rings. The summed E-state index contributed by atoms with van der Waals surface area (Å²) >= 11 is 1.69. The molecule has 1 unspecified atom stereocenters. The Balaban J connectivity index is 1.42. The van der Waals surface area contributed by atoms with Gasteiger partial charge in [0.1, 0.15) is 6.10 Å². The van der Waals surface area contributed by atoms with Crippen molar-refractivity contribution in [3.63, 3.8) is 0 Å². The molecule has 0 aliphatic carbocycles. The van der Waals surface area contributed by atoms with Crippen LogP contribution in [0.4, 0.5) is 11.4 Å². The molecule has 1 saturated heterocycles. The second kappa shape index (κ2) is 8.42. The van der Waals surface area contributed by atoms with Gasteiger partial charge in [0.2, 0.25) is 5.91 Å². The van der Waals surface area contributed by atoms with Gasteiger partial charge in [-0.2, -0.15) is 0 Å². The van der Waals surface area contributed by atoms with Crippen LogP contribution in [0.5, 0.6) is 0 Å². The monoisotopic (exact) mass is 385 g/mol. The van der Waals surface area contributed by atoms with Crippen LogP contribution in [0.25, 0.3) is 0 Å². The lowest BCUT2D eigenvalue weighted by Crippen LogP contribution is -2.46. The first kappa shape index (κ1) is 18.5. The number of carbonyl (C=O) groups is 1. The number of para-hydroxylation sites is 2. The standard InChI is InChI=1S/C21H27N3O2S/c1-2-23-9-11-24(12-10-23)18-6-4-3-5-17(18)22-20(25)15-19-21-16(7-13-26-19)8-14-27-21/h3-6,8,14,19H,2,7,9-13,15H2,1H3,(H,22,25). The SMILES string of the molecule is CCN1CCN(c2ccccc2NC(=O)CC2OCCc3ccsc32)CC1. The summed E-state index contributed by atoms with van der Waals surface area (Å²) in [5.41, 5.74) is 3.34. The molecule has 2 aromatic rings. The minimum atomic E-state index is -0.117. The summed E-state index contributed by atoms with van der Waals surface area (Å²) in [5.74, 6) is 0.0147. The Morgan fingerprint density at radius 3 is 2.85 bits per heavy atom. The lowest BCUT2D eigenvalue weighted by molar-refractivity contribution is -0.119. The Bertz CT molecular complexity index is 783.